The first-order valence-corrected chi connectivity index (χ1v) is 9.16. The van der Waals surface area contributed by atoms with E-state index >= 15 is 0 Å². The molecule has 0 unspecified atom stereocenters. The van der Waals surface area contributed by atoms with Crippen molar-refractivity contribution in [2.45, 2.75) is 11.8 Å². The van der Waals surface area contributed by atoms with Gasteiger partial charge in [0.25, 0.3) is 0 Å². The zero-order chi connectivity index (χ0) is 17.7. The Hall–Kier alpha value is -2.78. The summed E-state index contributed by atoms with van der Waals surface area (Å²) in [7, 11) is -3.50. The molecule has 0 spiro atoms. The monoisotopic (exact) mass is 358 g/mol. The van der Waals surface area contributed by atoms with Gasteiger partial charge in [-0.3, -0.25) is 0 Å². The molecule has 3 rings (SSSR count). The van der Waals surface area contributed by atoms with Crippen LogP contribution in [-0.4, -0.2) is 41.3 Å². The van der Waals surface area contributed by atoms with Crippen LogP contribution in [0.25, 0.3) is 5.82 Å². The van der Waals surface area contributed by atoms with Crippen LogP contribution in [0.15, 0.2) is 59.9 Å². The Kier molecular flexibility index (Phi) is 5.05. The predicted molar refractivity (Wildman–Crippen MR) is 94.0 cm³/mol. The number of rotatable bonds is 7. The van der Waals surface area contributed by atoms with Gasteiger partial charge in [0.1, 0.15) is 12.1 Å². The summed E-state index contributed by atoms with van der Waals surface area (Å²) in [6.45, 7) is 2.52. The average molecular weight is 358 g/mol. The second-order valence-corrected chi connectivity index (χ2v) is 7.07. The molecule has 3 aromatic rings. The van der Waals surface area contributed by atoms with Gasteiger partial charge >= 0.3 is 0 Å². The molecule has 0 bridgehead atoms. The number of nitrogens with one attached hydrogen (secondary N) is 2. The van der Waals surface area contributed by atoms with Crippen LogP contribution in [0.4, 0.5) is 5.82 Å². The minimum Gasteiger partial charge on any atom is -0.369 e. The number of hydrogen-bond donors (Lipinski definition) is 2. The van der Waals surface area contributed by atoms with Crippen molar-refractivity contribution in [3.8, 4) is 5.82 Å². The van der Waals surface area contributed by atoms with E-state index in [1.807, 2.05) is 19.2 Å². The van der Waals surface area contributed by atoms with Crippen molar-refractivity contribution in [2.75, 3.05) is 18.4 Å². The van der Waals surface area contributed by atoms with E-state index in [-0.39, 0.29) is 11.4 Å². The van der Waals surface area contributed by atoms with Crippen molar-refractivity contribution >= 4 is 15.8 Å². The Bertz CT molecular complexity index is 940. The third kappa shape index (κ3) is 4.40. The van der Waals surface area contributed by atoms with Crippen LogP contribution < -0.4 is 10.0 Å². The molecule has 2 aromatic heterocycles. The summed E-state index contributed by atoms with van der Waals surface area (Å²) in [6.07, 6.45) is 3.25. The highest BCUT2D eigenvalue weighted by molar-refractivity contribution is 7.89. The quantitative estimate of drug-likeness (QED) is 0.619. The number of sulfonamides is 1. The Morgan fingerprint density at radius 3 is 2.60 bits per heavy atom. The summed E-state index contributed by atoms with van der Waals surface area (Å²) in [5.41, 5.74) is 0.892. The summed E-state index contributed by atoms with van der Waals surface area (Å²) in [5.74, 6) is 1.23. The first-order valence-electron chi connectivity index (χ1n) is 7.68. The van der Waals surface area contributed by atoms with Gasteiger partial charge in [0.15, 0.2) is 5.82 Å². The summed E-state index contributed by atoms with van der Waals surface area (Å²) in [4.78, 5) is 8.54. The molecule has 9 heteroatoms. The Morgan fingerprint density at radius 1 is 1.08 bits per heavy atom. The zero-order valence-electron chi connectivity index (χ0n) is 13.6. The average Bonchev–Trinajstić information content (AvgIpc) is 3.06. The number of aromatic nitrogens is 4. The van der Waals surface area contributed by atoms with Gasteiger partial charge in [-0.05, 0) is 25.1 Å². The maximum atomic E-state index is 12.1. The molecule has 0 aliphatic rings. The molecule has 2 heterocycles. The fraction of sp³-hybridized carbons (Fsp3) is 0.188. The van der Waals surface area contributed by atoms with Crippen molar-refractivity contribution in [3.63, 3.8) is 0 Å². The predicted octanol–water partition coefficient (Wildman–Crippen LogP) is 1.36. The SMILES string of the molecule is Cc1ccn(-c2cc(NCCNS(=O)(=O)c3ccccc3)ncn2)n1. The standard InChI is InChI=1S/C16H18N6O2S/c1-13-7-10-22(21-13)16-11-15(18-12-19-16)17-8-9-20-25(23,24)14-5-3-2-4-6-14/h2-7,10-12,20H,8-9H2,1H3,(H,17,18,19). The highest BCUT2D eigenvalue weighted by atomic mass is 32.2. The topological polar surface area (TPSA) is 102 Å². The third-order valence-electron chi connectivity index (χ3n) is 3.39. The Labute approximate surface area is 146 Å². The second kappa shape index (κ2) is 7.41. The fourth-order valence-electron chi connectivity index (χ4n) is 2.17. The lowest BCUT2D eigenvalue weighted by Crippen LogP contribution is -2.29. The van der Waals surface area contributed by atoms with Crippen molar-refractivity contribution in [1.29, 1.82) is 0 Å². The van der Waals surface area contributed by atoms with E-state index in [1.165, 1.54) is 6.33 Å². The van der Waals surface area contributed by atoms with E-state index in [1.54, 1.807) is 41.1 Å². The van der Waals surface area contributed by atoms with Crippen LogP contribution in [0.1, 0.15) is 5.69 Å². The van der Waals surface area contributed by atoms with Gasteiger partial charge in [0.05, 0.1) is 10.6 Å². The minimum atomic E-state index is -3.50. The largest absolute Gasteiger partial charge is 0.369 e. The number of nitrogens with zero attached hydrogens (tertiary/aromatic N) is 4. The van der Waals surface area contributed by atoms with E-state index in [0.29, 0.717) is 18.2 Å². The number of aryl methyl sites for hydroxylation is 1. The molecule has 1 aromatic carbocycles. The molecule has 0 aliphatic heterocycles. The van der Waals surface area contributed by atoms with Crippen molar-refractivity contribution < 1.29 is 8.42 Å². The summed E-state index contributed by atoms with van der Waals surface area (Å²) in [6, 6.07) is 11.9. The van der Waals surface area contributed by atoms with Crippen molar-refractivity contribution in [2.24, 2.45) is 0 Å². The molecule has 2 N–H and O–H groups in total. The number of hydrogen-bond acceptors (Lipinski definition) is 6. The van der Waals surface area contributed by atoms with E-state index < -0.39 is 10.0 Å². The molecule has 8 nitrogen and oxygen atoms in total. The molecular weight excluding hydrogens is 340 g/mol. The third-order valence-corrected chi connectivity index (χ3v) is 4.86. The first kappa shape index (κ1) is 17.1. The number of benzene rings is 1. The van der Waals surface area contributed by atoms with Crippen LogP contribution >= 0.6 is 0 Å². The molecular formula is C16H18N6O2S. The van der Waals surface area contributed by atoms with Crippen LogP contribution in [0.2, 0.25) is 0 Å². The van der Waals surface area contributed by atoms with E-state index in [4.69, 9.17) is 0 Å². The van der Waals surface area contributed by atoms with Crippen molar-refractivity contribution in [1.82, 2.24) is 24.5 Å². The molecule has 0 aliphatic carbocycles. The lowest BCUT2D eigenvalue weighted by Gasteiger charge is -2.09. The molecule has 0 radical (unpaired) electrons. The van der Waals surface area contributed by atoms with Gasteiger partial charge in [-0.25, -0.2) is 27.8 Å². The van der Waals surface area contributed by atoms with Gasteiger partial charge < -0.3 is 5.32 Å². The van der Waals surface area contributed by atoms with E-state index in [9.17, 15) is 8.42 Å². The smallest absolute Gasteiger partial charge is 0.240 e. The maximum Gasteiger partial charge on any atom is 0.240 e. The molecule has 0 saturated carbocycles. The van der Waals surface area contributed by atoms with Crippen LogP contribution in [0.5, 0.6) is 0 Å². The van der Waals surface area contributed by atoms with Gasteiger partial charge in [-0.1, -0.05) is 18.2 Å². The minimum absolute atomic E-state index is 0.234. The number of anilines is 1. The highest BCUT2D eigenvalue weighted by Gasteiger charge is 2.12. The van der Waals surface area contributed by atoms with Gasteiger partial charge in [-0.15, -0.1) is 0 Å². The zero-order valence-corrected chi connectivity index (χ0v) is 14.4. The Morgan fingerprint density at radius 2 is 1.88 bits per heavy atom. The fourth-order valence-corrected chi connectivity index (χ4v) is 3.22. The summed E-state index contributed by atoms with van der Waals surface area (Å²) >= 11 is 0. The molecule has 0 fully saturated rings. The van der Waals surface area contributed by atoms with Gasteiger partial charge in [0, 0.05) is 25.4 Å². The van der Waals surface area contributed by atoms with E-state index in [2.05, 4.69) is 25.1 Å². The van der Waals surface area contributed by atoms with Crippen molar-refractivity contribution in [3.05, 3.63) is 60.7 Å². The van der Waals surface area contributed by atoms with Gasteiger partial charge in [0.2, 0.25) is 10.0 Å². The highest BCUT2D eigenvalue weighted by Crippen LogP contribution is 2.09. The lowest BCUT2D eigenvalue weighted by atomic mass is 10.4. The summed E-state index contributed by atoms with van der Waals surface area (Å²) < 4.78 is 28.4. The lowest BCUT2D eigenvalue weighted by molar-refractivity contribution is 0.583. The van der Waals surface area contributed by atoms with Crippen LogP contribution in [-0.2, 0) is 10.0 Å². The molecule has 0 amide bonds. The molecule has 130 valence electrons. The second-order valence-electron chi connectivity index (χ2n) is 5.30. The van der Waals surface area contributed by atoms with Crippen LogP contribution in [0.3, 0.4) is 0 Å². The molecule has 25 heavy (non-hydrogen) atoms. The Balaban J connectivity index is 1.56. The van der Waals surface area contributed by atoms with Crippen LogP contribution in [0, 0.1) is 6.92 Å². The maximum absolute atomic E-state index is 12.1. The normalized spacial score (nSPS) is 11.4. The van der Waals surface area contributed by atoms with E-state index in [0.717, 1.165) is 5.69 Å². The summed E-state index contributed by atoms with van der Waals surface area (Å²) in [5, 5.41) is 7.36. The molecule has 0 atom stereocenters. The molecule has 0 saturated heterocycles. The first-order chi connectivity index (χ1) is 12.0. The van der Waals surface area contributed by atoms with Gasteiger partial charge in [-0.2, -0.15) is 5.10 Å².